The number of imidazole rings is 1. The number of para-hydroxylation sites is 1. The number of nitrogens with one attached hydrogen (secondary N) is 1. The van der Waals surface area contributed by atoms with Crippen molar-refractivity contribution < 1.29 is 4.79 Å². The molecule has 0 aliphatic carbocycles. The van der Waals surface area contributed by atoms with Gasteiger partial charge in [-0.1, -0.05) is 60.7 Å². The summed E-state index contributed by atoms with van der Waals surface area (Å²) in [6.45, 7) is 0. The number of nitrogens with zero attached hydrogens (tertiary/aromatic N) is 2. The molecule has 1 N–H and O–H groups in total. The zero-order chi connectivity index (χ0) is 18.9. The lowest BCUT2D eigenvalue weighted by Gasteiger charge is -2.11. The van der Waals surface area contributed by atoms with Gasteiger partial charge < -0.3 is 5.32 Å². The Bertz CT molecular complexity index is 1270. The normalized spacial score (nSPS) is 11.1. The molecule has 3 aromatic carbocycles. The molecule has 0 unspecified atom stereocenters. The highest BCUT2D eigenvalue weighted by Gasteiger charge is 2.13. The van der Waals surface area contributed by atoms with Crippen LogP contribution in [-0.4, -0.2) is 15.3 Å². The molecule has 0 aliphatic heterocycles. The minimum absolute atomic E-state index is 0.0372. The van der Waals surface area contributed by atoms with Gasteiger partial charge in [-0.2, -0.15) is 0 Å². The Morgan fingerprint density at radius 1 is 1.00 bits per heavy atom. The van der Waals surface area contributed by atoms with E-state index in [4.69, 9.17) is 0 Å². The van der Waals surface area contributed by atoms with E-state index in [0.29, 0.717) is 6.42 Å². The number of hydrogen-bond donors (Lipinski definition) is 1. The summed E-state index contributed by atoms with van der Waals surface area (Å²) in [6.07, 6.45) is 4.30. The summed E-state index contributed by atoms with van der Waals surface area (Å²) in [7, 11) is 0. The van der Waals surface area contributed by atoms with Gasteiger partial charge in [-0.25, -0.2) is 4.98 Å². The van der Waals surface area contributed by atoms with Gasteiger partial charge in [0.05, 0.1) is 17.8 Å². The maximum Gasteiger partial charge on any atom is 0.228 e. The molecule has 0 fully saturated rings. The lowest BCUT2D eigenvalue weighted by molar-refractivity contribution is -0.115. The van der Waals surface area contributed by atoms with E-state index in [1.54, 1.807) is 11.3 Å². The van der Waals surface area contributed by atoms with Crippen LogP contribution >= 0.6 is 11.3 Å². The summed E-state index contributed by atoms with van der Waals surface area (Å²) in [4.78, 5) is 18.4. The quantitative estimate of drug-likeness (QED) is 0.452. The maximum absolute atomic E-state index is 12.8. The predicted octanol–water partition coefficient (Wildman–Crippen LogP) is 5.40. The van der Waals surface area contributed by atoms with Crippen molar-refractivity contribution in [2.45, 2.75) is 6.42 Å². The van der Waals surface area contributed by atoms with E-state index in [1.807, 2.05) is 70.7 Å². The SMILES string of the molecule is O=C(Cc1cccc2ccccc12)Nc1ccccc1-c1cn2ccsc2n1. The number of fused-ring (bicyclic) bond motifs is 2. The highest BCUT2D eigenvalue weighted by Crippen LogP contribution is 2.29. The van der Waals surface area contributed by atoms with Crippen LogP contribution in [0, 0.1) is 0 Å². The molecule has 4 nitrogen and oxygen atoms in total. The largest absolute Gasteiger partial charge is 0.325 e. The summed E-state index contributed by atoms with van der Waals surface area (Å²) in [5.41, 5.74) is 3.58. The Morgan fingerprint density at radius 3 is 2.75 bits per heavy atom. The molecule has 0 spiro atoms. The van der Waals surface area contributed by atoms with Gasteiger partial charge in [0, 0.05) is 23.3 Å². The number of carbonyl (C=O) groups is 1. The van der Waals surface area contributed by atoms with Crippen LogP contribution in [0.5, 0.6) is 0 Å². The lowest BCUT2D eigenvalue weighted by atomic mass is 10.0. The van der Waals surface area contributed by atoms with Gasteiger partial charge in [0.25, 0.3) is 0 Å². The Morgan fingerprint density at radius 2 is 1.82 bits per heavy atom. The van der Waals surface area contributed by atoms with Crippen LogP contribution in [0.1, 0.15) is 5.56 Å². The van der Waals surface area contributed by atoms with Gasteiger partial charge in [-0.3, -0.25) is 9.20 Å². The fourth-order valence-electron chi connectivity index (χ4n) is 3.49. The number of benzene rings is 3. The third kappa shape index (κ3) is 3.06. The minimum atomic E-state index is -0.0372. The molecule has 0 bridgehead atoms. The molecule has 28 heavy (non-hydrogen) atoms. The van der Waals surface area contributed by atoms with Crippen LogP contribution in [0.25, 0.3) is 27.0 Å². The van der Waals surface area contributed by atoms with Gasteiger partial charge in [-0.05, 0) is 22.4 Å². The molecule has 0 saturated carbocycles. The van der Waals surface area contributed by atoms with E-state index >= 15 is 0 Å². The average Bonchev–Trinajstić information content (AvgIpc) is 3.31. The van der Waals surface area contributed by atoms with Crippen molar-refractivity contribution >= 4 is 38.7 Å². The Balaban J connectivity index is 1.43. The molecule has 1 amide bonds. The summed E-state index contributed by atoms with van der Waals surface area (Å²) < 4.78 is 1.99. The third-order valence-corrected chi connectivity index (χ3v) is 5.57. The van der Waals surface area contributed by atoms with Gasteiger partial charge >= 0.3 is 0 Å². The number of rotatable bonds is 4. The number of carbonyl (C=O) groups excluding carboxylic acids is 1. The molecular weight excluding hydrogens is 366 g/mol. The zero-order valence-electron chi connectivity index (χ0n) is 15.0. The van der Waals surface area contributed by atoms with Crippen molar-refractivity contribution in [2.24, 2.45) is 0 Å². The third-order valence-electron chi connectivity index (χ3n) is 4.80. The van der Waals surface area contributed by atoms with Crippen LogP contribution < -0.4 is 5.32 Å². The second kappa shape index (κ2) is 6.94. The highest BCUT2D eigenvalue weighted by molar-refractivity contribution is 7.15. The highest BCUT2D eigenvalue weighted by atomic mass is 32.1. The van der Waals surface area contributed by atoms with E-state index in [9.17, 15) is 4.79 Å². The van der Waals surface area contributed by atoms with Crippen molar-refractivity contribution in [3.8, 4) is 11.3 Å². The Kier molecular flexibility index (Phi) is 4.14. The number of thiazole rings is 1. The topological polar surface area (TPSA) is 46.4 Å². The van der Waals surface area contributed by atoms with Crippen molar-refractivity contribution in [2.75, 3.05) is 5.32 Å². The molecule has 136 valence electrons. The standard InChI is InChI=1S/C23H17N3OS/c27-22(14-17-8-5-7-16-6-1-2-9-18(16)17)24-20-11-4-3-10-19(20)21-15-26-12-13-28-23(26)25-21/h1-13,15H,14H2,(H,24,27). The van der Waals surface area contributed by atoms with Gasteiger partial charge in [-0.15, -0.1) is 11.3 Å². The van der Waals surface area contributed by atoms with Crippen LogP contribution in [0.2, 0.25) is 0 Å². The first-order valence-electron chi connectivity index (χ1n) is 9.06. The van der Waals surface area contributed by atoms with Crippen LogP contribution in [0.3, 0.4) is 0 Å². The molecule has 5 heteroatoms. The number of aromatic nitrogens is 2. The van der Waals surface area contributed by atoms with Crippen LogP contribution in [0.4, 0.5) is 5.69 Å². The molecule has 0 aliphatic rings. The van der Waals surface area contributed by atoms with E-state index < -0.39 is 0 Å². The molecule has 5 aromatic rings. The van der Waals surface area contributed by atoms with E-state index in [0.717, 1.165) is 38.2 Å². The van der Waals surface area contributed by atoms with Crippen molar-refractivity contribution in [3.63, 3.8) is 0 Å². The van der Waals surface area contributed by atoms with Gasteiger partial charge in [0.15, 0.2) is 4.96 Å². The first kappa shape index (κ1) is 16.7. The first-order chi connectivity index (χ1) is 13.8. The predicted molar refractivity (Wildman–Crippen MR) is 115 cm³/mol. The van der Waals surface area contributed by atoms with Gasteiger partial charge in [0.2, 0.25) is 5.91 Å². The Labute approximate surface area is 166 Å². The number of anilines is 1. The van der Waals surface area contributed by atoms with Crippen LogP contribution in [0.15, 0.2) is 84.5 Å². The first-order valence-corrected chi connectivity index (χ1v) is 9.94. The van der Waals surface area contributed by atoms with Crippen molar-refractivity contribution in [1.82, 2.24) is 9.38 Å². The second-order valence-electron chi connectivity index (χ2n) is 6.63. The van der Waals surface area contributed by atoms with E-state index in [1.165, 1.54) is 0 Å². The smallest absolute Gasteiger partial charge is 0.228 e. The number of amides is 1. The zero-order valence-corrected chi connectivity index (χ0v) is 15.8. The van der Waals surface area contributed by atoms with E-state index in [-0.39, 0.29) is 5.91 Å². The summed E-state index contributed by atoms with van der Waals surface area (Å²) in [6, 6.07) is 22.0. The molecule has 0 atom stereocenters. The monoisotopic (exact) mass is 383 g/mol. The van der Waals surface area contributed by atoms with Crippen LogP contribution in [-0.2, 0) is 11.2 Å². The molecule has 2 heterocycles. The molecule has 0 saturated heterocycles. The average molecular weight is 383 g/mol. The lowest BCUT2D eigenvalue weighted by Crippen LogP contribution is -2.15. The van der Waals surface area contributed by atoms with Crippen molar-refractivity contribution in [3.05, 3.63) is 90.1 Å². The molecule has 5 rings (SSSR count). The fraction of sp³-hybridized carbons (Fsp3) is 0.0435. The maximum atomic E-state index is 12.8. The molecule has 2 aromatic heterocycles. The summed E-state index contributed by atoms with van der Waals surface area (Å²) in [5, 5.41) is 7.34. The summed E-state index contributed by atoms with van der Waals surface area (Å²) >= 11 is 1.59. The van der Waals surface area contributed by atoms with Crippen molar-refractivity contribution in [1.29, 1.82) is 0 Å². The Hall–Kier alpha value is -3.44. The van der Waals surface area contributed by atoms with E-state index in [2.05, 4.69) is 28.5 Å². The summed E-state index contributed by atoms with van der Waals surface area (Å²) in [5.74, 6) is -0.0372. The minimum Gasteiger partial charge on any atom is -0.325 e. The van der Waals surface area contributed by atoms with Gasteiger partial charge in [0.1, 0.15) is 0 Å². The molecule has 0 radical (unpaired) electrons. The molecular formula is C23H17N3OS. The number of hydrogen-bond acceptors (Lipinski definition) is 3. The fourth-order valence-corrected chi connectivity index (χ4v) is 4.19. The second-order valence-corrected chi connectivity index (χ2v) is 7.50.